The van der Waals surface area contributed by atoms with Crippen LogP contribution in [-0.4, -0.2) is 23.3 Å². The van der Waals surface area contributed by atoms with Gasteiger partial charge in [-0.1, -0.05) is 43.7 Å². The summed E-state index contributed by atoms with van der Waals surface area (Å²) in [5, 5.41) is 0. The summed E-state index contributed by atoms with van der Waals surface area (Å²) in [5.41, 5.74) is 0.865. The maximum Gasteiger partial charge on any atom is 0.157 e. The van der Waals surface area contributed by atoms with Crippen molar-refractivity contribution in [2.45, 2.75) is 64.0 Å². The number of likely N-dealkylation sites (tertiary alicyclic amines) is 1. The molecular formula is C19H27NO. The van der Waals surface area contributed by atoms with Crippen LogP contribution >= 0.6 is 0 Å². The first-order chi connectivity index (χ1) is 10.2. The molecule has 1 saturated heterocycles. The predicted molar refractivity (Wildman–Crippen MR) is 86.2 cm³/mol. The van der Waals surface area contributed by atoms with Crippen molar-refractivity contribution in [3.05, 3.63) is 35.9 Å². The van der Waals surface area contributed by atoms with Crippen LogP contribution in [0.5, 0.6) is 0 Å². The molecule has 2 aliphatic rings. The summed E-state index contributed by atoms with van der Waals surface area (Å²) in [7, 11) is 0. The maximum atomic E-state index is 13.0. The van der Waals surface area contributed by atoms with Gasteiger partial charge in [0.15, 0.2) is 5.78 Å². The van der Waals surface area contributed by atoms with Crippen LogP contribution in [0.25, 0.3) is 0 Å². The predicted octanol–water partition coefficient (Wildman–Crippen LogP) is 4.15. The Bertz CT molecular complexity index is 498. The second-order valence-corrected chi connectivity index (χ2v) is 6.91. The normalized spacial score (nSPS) is 34.9. The Labute approximate surface area is 128 Å². The Morgan fingerprint density at radius 1 is 1.10 bits per heavy atom. The van der Waals surface area contributed by atoms with Crippen LogP contribution in [0.3, 0.4) is 0 Å². The lowest BCUT2D eigenvalue weighted by Crippen LogP contribution is -2.59. The molecule has 2 nitrogen and oxygen atoms in total. The number of hydrogen-bond acceptors (Lipinski definition) is 2. The highest BCUT2D eigenvalue weighted by molar-refractivity contribution is 5.90. The first-order valence-electron chi connectivity index (χ1n) is 8.52. The van der Waals surface area contributed by atoms with Crippen LogP contribution in [0, 0.1) is 5.92 Å². The maximum absolute atomic E-state index is 13.0. The minimum absolute atomic E-state index is 0.354. The van der Waals surface area contributed by atoms with E-state index in [9.17, 15) is 4.79 Å². The standard InChI is InChI=1S/C19H27NO/c1-15-9-8-14-20(16(15)2)19(13-7-6-12-18(19)21)17-10-4-3-5-11-17/h3-5,10-11,15-16H,6-9,12-14H2,1-2H3. The largest absolute Gasteiger partial charge is 0.297 e. The molecule has 21 heavy (non-hydrogen) atoms. The quantitative estimate of drug-likeness (QED) is 0.813. The van der Waals surface area contributed by atoms with E-state index < -0.39 is 0 Å². The second-order valence-electron chi connectivity index (χ2n) is 6.91. The molecule has 2 fully saturated rings. The number of rotatable bonds is 2. The van der Waals surface area contributed by atoms with Crippen LogP contribution in [0.15, 0.2) is 30.3 Å². The fourth-order valence-corrected chi connectivity index (χ4v) is 4.38. The lowest BCUT2D eigenvalue weighted by Gasteiger charge is -2.52. The van der Waals surface area contributed by atoms with Crippen molar-refractivity contribution < 1.29 is 4.79 Å². The highest BCUT2D eigenvalue weighted by Crippen LogP contribution is 2.43. The van der Waals surface area contributed by atoms with E-state index in [1.807, 2.05) is 6.07 Å². The highest BCUT2D eigenvalue weighted by atomic mass is 16.1. The molecule has 1 aliphatic carbocycles. The van der Waals surface area contributed by atoms with E-state index in [-0.39, 0.29) is 5.54 Å². The summed E-state index contributed by atoms with van der Waals surface area (Å²) in [5.74, 6) is 1.12. The van der Waals surface area contributed by atoms with Crippen molar-refractivity contribution in [1.82, 2.24) is 4.90 Å². The monoisotopic (exact) mass is 285 g/mol. The van der Waals surface area contributed by atoms with Crippen molar-refractivity contribution in [3.63, 3.8) is 0 Å². The molecule has 0 bridgehead atoms. The van der Waals surface area contributed by atoms with Gasteiger partial charge in [-0.15, -0.1) is 0 Å². The van der Waals surface area contributed by atoms with Gasteiger partial charge in [-0.2, -0.15) is 0 Å². The zero-order valence-corrected chi connectivity index (χ0v) is 13.3. The summed E-state index contributed by atoms with van der Waals surface area (Å²) in [6, 6.07) is 11.0. The lowest BCUT2D eigenvalue weighted by molar-refractivity contribution is -0.140. The molecule has 1 saturated carbocycles. The number of ketones is 1. The minimum atomic E-state index is -0.354. The van der Waals surface area contributed by atoms with E-state index in [2.05, 4.69) is 43.0 Å². The van der Waals surface area contributed by atoms with Crippen molar-refractivity contribution in [2.24, 2.45) is 5.92 Å². The molecular weight excluding hydrogens is 258 g/mol. The first kappa shape index (κ1) is 14.8. The number of hydrogen-bond donors (Lipinski definition) is 0. The second kappa shape index (κ2) is 5.92. The van der Waals surface area contributed by atoms with E-state index in [1.54, 1.807) is 0 Å². The lowest BCUT2D eigenvalue weighted by atomic mass is 9.72. The Kier molecular flexibility index (Phi) is 4.17. The van der Waals surface area contributed by atoms with Crippen molar-refractivity contribution in [1.29, 1.82) is 0 Å². The van der Waals surface area contributed by atoms with E-state index in [1.165, 1.54) is 18.4 Å². The number of benzene rings is 1. The fourth-order valence-electron chi connectivity index (χ4n) is 4.38. The van der Waals surface area contributed by atoms with E-state index in [4.69, 9.17) is 0 Å². The van der Waals surface area contributed by atoms with E-state index >= 15 is 0 Å². The van der Waals surface area contributed by atoms with E-state index in [0.29, 0.717) is 17.7 Å². The third-order valence-electron chi connectivity index (χ3n) is 5.77. The van der Waals surface area contributed by atoms with Gasteiger partial charge in [0.05, 0.1) is 0 Å². The number of Topliss-reactive ketones (excluding diaryl/α,β-unsaturated/α-hetero) is 1. The van der Waals surface area contributed by atoms with Gasteiger partial charge in [-0.25, -0.2) is 0 Å². The molecule has 3 atom stereocenters. The van der Waals surface area contributed by atoms with Crippen LogP contribution in [0.4, 0.5) is 0 Å². The summed E-state index contributed by atoms with van der Waals surface area (Å²) in [6.45, 7) is 5.71. The van der Waals surface area contributed by atoms with Crippen LogP contribution in [0.2, 0.25) is 0 Å². The molecule has 0 N–H and O–H groups in total. The van der Waals surface area contributed by atoms with Crippen LogP contribution < -0.4 is 0 Å². The molecule has 0 radical (unpaired) electrons. The molecule has 1 aliphatic heterocycles. The molecule has 0 aromatic heterocycles. The first-order valence-corrected chi connectivity index (χ1v) is 8.52. The van der Waals surface area contributed by atoms with Gasteiger partial charge in [-0.3, -0.25) is 9.69 Å². The Morgan fingerprint density at radius 3 is 2.57 bits per heavy atom. The van der Waals surface area contributed by atoms with Gasteiger partial charge in [-0.05, 0) is 50.6 Å². The molecule has 0 spiro atoms. The molecule has 1 aromatic carbocycles. The SMILES string of the molecule is CC1CCCN(C2(c3ccccc3)CCCCC2=O)C1C. The number of piperidine rings is 1. The molecule has 3 rings (SSSR count). The van der Waals surface area contributed by atoms with E-state index in [0.717, 1.165) is 32.2 Å². The van der Waals surface area contributed by atoms with Crippen molar-refractivity contribution in [2.75, 3.05) is 6.54 Å². The summed E-state index contributed by atoms with van der Waals surface area (Å²) >= 11 is 0. The van der Waals surface area contributed by atoms with Gasteiger partial charge in [0.2, 0.25) is 0 Å². The highest BCUT2D eigenvalue weighted by Gasteiger charge is 2.49. The van der Waals surface area contributed by atoms with Crippen LogP contribution in [-0.2, 0) is 10.3 Å². The third kappa shape index (κ3) is 2.44. The molecule has 1 aromatic rings. The van der Waals surface area contributed by atoms with Gasteiger partial charge in [0.25, 0.3) is 0 Å². The summed E-state index contributed by atoms with van der Waals surface area (Å²) in [4.78, 5) is 15.6. The fraction of sp³-hybridized carbons (Fsp3) is 0.632. The van der Waals surface area contributed by atoms with Crippen LogP contribution in [0.1, 0.15) is 57.9 Å². The molecule has 2 heteroatoms. The van der Waals surface area contributed by atoms with Crippen molar-refractivity contribution in [3.8, 4) is 0 Å². The molecule has 3 unspecified atom stereocenters. The zero-order chi connectivity index (χ0) is 14.9. The van der Waals surface area contributed by atoms with Gasteiger partial charge in [0, 0.05) is 12.5 Å². The van der Waals surface area contributed by atoms with Gasteiger partial charge in [0.1, 0.15) is 5.54 Å². The Hall–Kier alpha value is -1.15. The van der Waals surface area contributed by atoms with Gasteiger partial charge < -0.3 is 0 Å². The number of carbonyl (C=O) groups is 1. The molecule has 1 heterocycles. The smallest absolute Gasteiger partial charge is 0.157 e. The summed E-state index contributed by atoms with van der Waals surface area (Å²) < 4.78 is 0. The average Bonchev–Trinajstić information content (AvgIpc) is 2.52. The van der Waals surface area contributed by atoms with Crippen molar-refractivity contribution >= 4 is 5.78 Å². The zero-order valence-electron chi connectivity index (χ0n) is 13.3. The number of carbonyl (C=O) groups excluding carboxylic acids is 1. The average molecular weight is 285 g/mol. The molecule has 114 valence electrons. The van der Waals surface area contributed by atoms with Gasteiger partial charge >= 0.3 is 0 Å². The number of nitrogens with zero attached hydrogens (tertiary/aromatic N) is 1. The Balaban J connectivity index is 2.06. The topological polar surface area (TPSA) is 20.3 Å². The molecule has 0 amide bonds. The third-order valence-corrected chi connectivity index (χ3v) is 5.77. The Morgan fingerprint density at radius 2 is 1.86 bits per heavy atom. The minimum Gasteiger partial charge on any atom is -0.297 e. The summed E-state index contributed by atoms with van der Waals surface area (Å²) in [6.07, 6.45) is 6.47.